The van der Waals surface area contributed by atoms with Crippen molar-refractivity contribution in [2.75, 3.05) is 5.88 Å². The Balaban J connectivity index is 2.46. The summed E-state index contributed by atoms with van der Waals surface area (Å²) in [5.41, 5.74) is 8.35. The van der Waals surface area contributed by atoms with Crippen LogP contribution in [0.4, 0.5) is 0 Å². The van der Waals surface area contributed by atoms with Gasteiger partial charge in [0.05, 0.1) is 11.0 Å². The number of alkyl halides is 1. The maximum Gasteiger partial charge on any atom is 0.219 e. The number of fused-ring (bicyclic) bond motifs is 1. The molecule has 0 spiro atoms. The summed E-state index contributed by atoms with van der Waals surface area (Å²) >= 11 is 5.78. The van der Waals surface area contributed by atoms with Crippen LogP contribution in [0.25, 0.3) is 11.0 Å². The van der Waals surface area contributed by atoms with Gasteiger partial charge in [0.2, 0.25) is 5.91 Å². The van der Waals surface area contributed by atoms with E-state index >= 15 is 0 Å². The highest BCUT2D eigenvalue weighted by Gasteiger charge is 2.11. The number of aryl methyl sites for hydroxylation is 3. The number of carbonyl (C=O) groups excluding carboxylic acids is 1. The Kier molecular flexibility index (Phi) is 3.87. The maximum atomic E-state index is 10.9. The molecule has 0 fully saturated rings. The van der Waals surface area contributed by atoms with Crippen molar-refractivity contribution in [1.82, 2.24) is 9.55 Å². The summed E-state index contributed by atoms with van der Waals surface area (Å²) in [5.74, 6) is 1.12. The van der Waals surface area contributed by atoms with Gasteiger partial charge in [-0.05, 0) is 24.6 Å². The highest BCUT2D eigenvalue weighted by molar-refractivity contribution is 6.17. The minimum Gasteiger partial charge on any atom is -0.370 e. The topological polar surface area (TPSA) is 60.9 Å². The molecule has 5 heteroatoms. The first kappa shape index (κ1) is 12.9. The fourth-order valence-corrected chi connectivity index (χ4v) is 2.20. The summed E-state index contributed by atoms with van der Waals surface area (Å²) in [5, 5.41) is 0. The maximum absolute atomic E-state index is 10.9. The predicted molar refractivity (Wildman–Crippen MR) is 72.7 cm³/mol. The Bertz CT molecular complexity index is 577. The molecule has 0 saturated heterocycles. The zero-order valence-electron chi connectivity index (χ0n) is 10.3. The van der Waals surface area contributed by atoms with E-state index in [9.17, 15) is 4.79 Å². The van der Waals surface area contributed by atoms with Crippen LogP contribution < -0.4 is 5.73 Å². The van der Waals surface area contributed by atoms with E-state index in [2.05, 4.69) is 11.1 Å². The number of primary amides is 1. The van der Waals surface area contributed by atoms with Gasteiger partial charge in [-0.3, -0.25) is 4.79 Å². The van der Waals surface area contributed by atoms with Crippen molar-refractivity contribution in [3.63, 3.8) is 0 Å². The lowest BCUT2D eigenvalue weighted by Crippen LogP contribution is -2.15. The molecule has 0 radical (unpaired) electrons. The Morgan fingerprint density at radius 3 is 2.94 bits per heavy atom. The first-order valence-corrected chi connectivity index (χ1v) is 6.45. The van der Waals surface area contributed by atoms with E-state index in [-0.39, 0.29) is 5.91 Å². The lowest BCUT2D eigenvalue weighted by atomic mass is 10.2. The summed E-state index contributed by atoms with van der Waals surface area (Å²) in [6.07, 6.45) is 1.00. The first-order chi connectivity index (χ1) is 8.61. The van der Waals surface area contributed by atoms with Crippen LogP contribution in [0.5, 0.6) is 0 Å². The van der Waals surface area contributed by atoms with Crippen LogP contribution in [0.1, 0.15) is 17.8 Å². The molecule has 4 nitrogen and oxygen atoms in total. The number of hydrogen-bond donors (Lipinski definition) is 1. The van der Waals surface area contributed by atoms with E-state index in [0.29, 0.717) is 25.3 Å². The van der Waals surface area contributed by atoms with Crippen LogP contribution in [0, 0.1) is 6.92 Å². The second-order valence-corrected chi connectivity index (χ2v) is 4.71. The van der Waals surface area contributed by atoms with Crippen molar-refractivity contribution in [3.05, 3.63) is 29.6 Å². The second kappa shape index (κ2) is 5.40. The second-order valence-electron chi connectivity index (χ2n) is 4.33. The molecule has 2 N–H and O–H groups in total. The van der Waals surface area contributed by atoms with Crippen LogP contribution in [0.3, 0.4) is 0 Å². The van der Waals surface area contributed by atoms with Gasteiger partial charge in [-0.2, -0.15) is 0 Å². The molecular weight excluding hydrogens is 250 g/mol. The molecule has 96 valence electrons. The van der Waals surface area contributed by atoms with Crippen LogP contribution in [0.15, 0.2) is 18.2 Å². The van der Waals surface area contributed by atoms with Gasteiger partial charge in [-0.15, -0.1) is 11.6 Å². The molecule has 1 aromatic heterocycles. The average molecular weight is 266 g/mol. The molecule has 0 aliphatic rings. The minimum atomic E-state index is -0.304. The van der Waals surface area contributed by atoms with Crippen molar-refractivity contribution in [2.45, 2.75) is 26.3 Å². The number of aromatic nitrogens is 2. The van der Waals surface area contributed by atoms with E-state index < -0.39 is 0 Å². The van der Waals surface area contributed by atoms with Gasteiger partial charge < -0.3 is 10.3 Å². The van der Waals surface area contributed by atoms with Crippen LogP contribution >= 0.6 is 11.6 Å². The molecule has 0 aliphatic heterocycles. The Morgan fingerprint density at radius 1 is 1.50 bits per heavy atom. The summed E-state index contributed by atoms with van der Waals surface area (Å²) in [7, 11) is 0. The number of imidazole rings is 1. The highest BCUT2D eigenvalue weighted by atomic mass is 35.5. The largest absolute Gasteiger partial charge is 0.370 e. The highest BCUT2D eigenvalue weighted by Crippen LogP contribution is 2.19. The number of nitrogens with zero attached hydrogens (tertiary/aromatic N) is 2. The van der Waals surface area contributed by atoms with Crippen LogP contribution in [-0.2, 0) is 17.8 Å². The number of rotatable bonds is 5. The number of amides is 1. The third-order valence-corrected chi connectivity index (χ3v) is 3.07. The molecule has 0 saturated carbocycles. The van der Waals surface area contributed by atoms with Crippen molar-refractivity contribution in [3.8, 4) is 0 Å². The molecule has 0 aliphatic carbocycles. The Hall–Kier alpha value is -1.55. The van der Waals surface area contributed by atoms with Crippen molar-refractivity contribution in [2.24, 2.45) is 5.73 Å². The van der Waals surface area contributed by atoms with Crippen molar-refractivity contribution in [1.29, 1.82) is 0 Å². The van der Waals surface area contributed by atoms with Crippen molar-refractivity contribution >= 4 is 28.5 Å². The van der Waals surface area contributed by atoms with E-state index in [1.165, 1.54) is 5.56 Å². The monoisotopic (exact) mass is 265 g/mol. The molecule has 1 heterocycles. The summed E-state index contributed by atoms with van der Waals surface area (Å²) in [6, 6.07) is 6.09. The van der Waals surface area contributed by atoms with Gasteiger partial charge in [0.25, 0.3) is 0 Å². The average Bonchev–Trinajstić information content (AvgIpc) is 2.64. The van der Waals surface area contributed by atoms with E-state index in [1.54, 1.807) is 0 Å². The van der Waals surface area contributed by atoms with Gasteiger partial charge in [-0.1, -0.05) is 6.07 Å². The standard InChI is InChI=1S/C13H16ClN3O/c1-9-2-3-10-11(8-9)17(7-5-12(15)18)13(16-10)4-6-14/h2-3,8H,4-7H2,1H3,(H2,15,18). The SMILES string of the molecule is Cc1ccc2nc(CCCl)n(CCC(N)=O)c2c1. The number of carbonyl (C=O) groups is 1. The molecule has 2 rings (SSSR count). The number of hydrogen-bond acceptors (Lipinski definition) is 2. The van der Waals surface area contributed by atoms with E-state index in [1.807, 2.05) is 23.6 Å². The minimum absolute atomic E-state index is 0.304. The molecule has 0 atom stereocenters. The Morgan fingerprint density at radius 2 is 2.28 bits per heavy atom. The van der Waals surface area contributed by atoms with Gasteiger partial charge in [-0.25, -0.2) is 4.98 Å². The summed E-state index contributed by atoms with van der Waals surface area (Å²) in [6.45, 7) is 2.59. The smallest absolute Gasteiger partial charge is 0.219 e. The molecule has 0 unspecified atom stereocenters. The number of halogens is 1. The third-order valence-electron chi connectivity index (χ3n) is 2.88. The molecule has 2 aromatic rings. The predicted octanol–water partition coefficient (Wildman–Crippen LogP) is 2.00. The first-order valence-electron chi connectivity index (χ1n) is 5.92. The lowest BCUT2D eigenvalue weighted by molar-refractivity contribution is -0.118. The summed E-state index contributed by atoms with van der Waals surface area (Å²) in [4.78, 5) is 15.5. The third kappa shape index (κ3) is 2.64. The molecule has 0 bridgehead atoms. The number of benzene rings is 1. The van der Waals surface area contributed by atoms with Gasteiger partial charge in [0.1, 0.15) is 5.82 Å². The molecule has 18 heavy (non-hydrogen) atoms. The van der Waals surface area contributed by atoms with E-state index in [0.717, 1.165) is 16.9 Å². The summed E-state index contributed by atoms with van der Waals surface area (Å²) < 4.78 is 2.04. The normalized spacial score (nSPS) is 11.0. The van der Waals surface area contributed by atoms with E-state index in [4.69, 9.17) is 17.3 Å². The zero-order chi connectivity index (χ0) is 13.1. The van der Waals surface area contributed by atoms with Gasteiger partial charge in [0.15, 0.2) is 0 Å². The molecular formula is C13H16ClN3O. The van der Waals surface area contributed by atoms with Gasteiger partial charge >= 0.3 is 0 Å². The fourth-order valence-electron chi connectivity index (χ4n) is 2.03. The van der Waals surface area contributed by atoms with Gasteiger partial charge in [0, 0.05) is 25.3 Å². The van der Waals surface area contributed by atoms with Crippen molar-refractivity contribution < 1.29 is 4.79 Å². The van der Waals surface area contributed by atoms with Crippen LogP contribution in [-0.4, -0.2) is 21.3 Å². The van der Waals surface area contributed by atoms with Crippen LogP contribution in [0.2, 0.25) is 0 Å². The fraction of sp³-hybridized carbons (Fsp3) is 0.385. The zero-order valence-corrected chi connectivity index (χ0v) is 11.1. The lowest BCUT2D eigenvalue weighted by Gasteiger charge is -2.07. The Labute approximate surface area is 111 Å². The number of nitrogens with two attached hydrogens (primary N) is 1. The quantitative estimate of drug-likeness (QED) is 0.841. The molecule has 1 aromatic carbocycles. The molecule has 1 amide bonds.